The molecule has 10 rings (SSSR count). The zero-order valence-electron chi connectivity index (χ0n) is 26.3. The zero-order valence-corrected chi connectivity index (χ0v) is 26.3. The van der Waals surface area contributed by atoms with Crippen molar-refractivity contribution in [3.63, 3.8) is 0 Å². The summed E-state index contributed by atoms with van der Waals surface area (Å²) in [6, 6.07) is 56.8. The maximum atomic E-state index is 6.58. The Morgan fingerprint density at radius 3 is 1.76 bits per heavy atom. The summed E-state index contributed by atoms with van der Waals surface area (Å²) in [6.45, 7) is 0. The van der Waals surface area contributed by atoms with E-state index in [0.717, 1.165) is 49.8 Å². The highest BCUT2D eigenvalue weighted by Gasteiger charge is 2.20. The van der Waals surface area contributed by atoms with Crippen LogP contribution in [0.1, 0.15) is 0 Å². The van der Waals surface area contributed by atoms with Crippen molar-refractivity contribution in [1.29, 1.82) is 0 Å². The van der Waals surface area contributed by atoms with Gasteiger partial charge in [-0.05, 0) is 50.0 Å². The molecule has 0 spiro atoms. The molecule has 10 aromatic rings. The second kappa shape index (κ2) is 11.0. The molecule has 0 radical (unpaired) electrons. The van der Waals surface area contributed by atoms with Crippen molar-refractivity contribution in [3.8, 4) is 45.3 Å². The fourth-order valence-electron chi connectivity index (χ4n) is 7.19. The molecule has 0 N–H and O–H groups in total. The lowest BCUT2D eigenvalue weighted by Crippen LogP contribution is -2.00. The van der Waals surface area contributed by atoms with E-state index in [1.54, 1.807) is 0 Å². The third kappa shape index (κ3) is 4.49. The Bertz CT molecular complexity index is 2870. The minimum absolute atomic E-state index is 0.603. The topological polar surface area (TPSA) is 51.8 Å². The van der Waals surface area contributed by atoms with Crippen LogP contribution in [0.4, 0.5) is 0 Å². The van der Waals surface area contributed by atoms with E-state index in [1.807, 2.05) is 48.5 Å². The highest BCUT2D eigenvalue weighted by atomic mass is 16.3. The number of hydrogen-bond acceptors (Lipinski definition) is 4. The third-order valence-electron chi connectivity index (χ3n) is 9.50. The molecule has 0 fully saturated rings. The number of nitrogens with zero attached hydrogens (tertiary/aromatic N) is 3. The van der Waals surface area contributed by atoms with Crippen LogP contribution in [0.25, 0.3) is 99.5 Å². The Morgan fingerprint density at radius 1 is 0.347 bits per heavy atom. The number of fused-ring (bicyclic) bond motifs is 8. The van der Waals surface area contributed by atoms with Gasteiger partial charge in [0, 0.05) is 33.0 Å². The van der Waals surface area contributed by atoms with E-state index in [9.17, 15) is 0 Å². The van der Waals surface area contributed by atoms with Crippen LogP contribution in [-0.2, 0) is 0 Å². The van der Waals surface area contributed by atoms with Crippen LogP contribution in [-0.4, -0.2) is 15.0 Å². The summed E-state index contributed by atoms with van der Waals surface area (Å²) in [5.41, 5.74) is 6.58. The van der Waals surface area contributed by atoms with Crippen LogP contribution in [0.3, 0.4) is 0 Å². The average molecular weight is 626 g/mol. The van der Waals surface area contributed by atoms with E-state index in [4.69, 9.17) is 19.4 Å². The lowest BCUT2D eigenvalue weighted by atomic mass is 9.95. The first kappa shape index (κ1) is 27.5. The normalized spacial score (nSPS) is 11.7. The van der Waals surface area contributed by atoms with Crippen molar-refractivity contribution < 1.29 is 4.42 Å². The molecule has 0 aliphatic carbocycles. The molecule has 0 aliphatic heterocycles. The number of rotatable bonds is 4. The van der Waals surface area contributed by atoms with Gasteiger partial charge in [-0.3, -0.25) is 0 Å². The quantitative estimate of drug-likeness (QED) is 0.183. The van der Waals surface area contributed by atoms with E-state index in [-0.39, 0.29) is 0 Å². The molecular formula is C45H27N3O. The van der Waals surface area contributed by atoms with Crippen molar-refractivity contribution in [1.82, 2.24) is 15.0 Å². The van der Waals surface area contributed by atoms with Gasteiger partial charge in [0.15, 0.2) is 17.5 Å². The molecule has 2 aromatic heterocycles. The molecule has 228 valence electrons. The van der Waals surface area contributed by atoms with Crippen LogP contribution < -0.4 is 0 Å². The lowest BCUT2D eigenvalue weighted by molar-refractivity contribution is 0.670. The largest absolute Gasteiger partial charge is 0.455 e. The van der Waals surface area contributed by atoms with Crippen LogP contribution in [0.5, 0.6) is 0 Å². The van der Waals surface area contributed by atoms with Crippen LogP contribution in [0.2, 0.25) is 0 Å². The van der Waals surface area contributed by atoms with Crippen LogP contribution in [0.15, 0.2) is 168 Å². The van der Waals surface area contributed by atoms with E-state index in [0.29, 0.717) is 17.5 Å². The minimum Gasteiger partial charge on any atom is -0.455 e. The first-order valence-electron chi connectivity index (χ1n) is 16.4. The average Bonchev–Trinajstić information content (AvgIpc) is 3.57. The summed E-state index contributed by atoms with van der Waals surface area (Å²) in [7, 11) is 0. The van der Waals surface area contributed by atoms with Crippen LogP contribution >= 0.6 is 0 Å². The smallest absolute Gasteiger partial charge is 0.164 e. The number of benzene rings is 8. The number of aromatic nitrogens is 3. The summed E-state index contributed by atoms with van der Waals surface area (Å²) < 4.78 is 6.58. The van der Waals surface area contributed by atoms with Gasteiger partial charge >= 0.3 is 0 Å². The van der Waals surface area contributed by atoms with Crippen molar-refractivity contribution in [2.45, 2.75) is 0 Å². The molecule has 4 heteroatoms. The maximum Gasteiger partial charge on any atom is 0.164 e. The summed E-state index contributed by atoms with van der Waals surface area (Å²) in [5, 5.41) is 9.26. The molecule has 0 aliphatic rings. The summed E-state index contributed by atoms with van der Waals surface area (Å²) in [6.07, 6.45) is 0. The Hall–Kier alpha value is -6.65. The molecule has 0 saturated carbocycles. The highest BCUT2D eigenvalue weighted by Crippen LogP contribution is 2.41. The fraction of sp³-hybridized carbons (Fsp3) is 0. The lowest BCUT2D eigenvalue weighted by Gasteiger charge is -2.11. The molecule has 0 atom stereocenters. The first-order chi connectivity index (χ1) is 24.3. The monoisotopic (exact) mass is 625 g/mol. The molecular weight excluding hydrogens is 599 g/mol. The Morgan fingerprint density at radius 2 is 0.939 bits per heavy atom. The summed E-state index contributed by atoms with van der Waals surface area (Å²) in [5.74, 6) is 1.85. The molecule has 4 nitrogen and oxygen atoms in total. The Labute approximate surface area is 282 Å². The van der Waals surface area contributed by atoms with E-state index in [1.165, 1.54) is 32.3 Å². The molecule has 0 saturated heterocycles. The Balaban J connectivity index is 1.23. The first-order valence-corrected chi connectivity index (χ1v) is 16.4. The van der Waals surface area contributed by atoms with Gasteiger partial charge in [-0.25, -0.2) is 15.0 Å². The minimum atomic E-state index is 0.603. The molecule has 2 heterocycles. The molecule has 0 unspecified atom stereocenters. The summed E-state index contributed by atoms with van der Waals surface area (Å²) >= 11 is 0. The van der Waals surface area contributed by atoms with Gasteiger partial charge < -0.3 is 4.42 Å². The molecule has 0 amide bonds. The highest BCUT2D eigenvalue weighted by molar-refractivity contribution is 6.20. The third-order valence-corrected chi connectivity index (χ3v) is 9.50. The molecule has 8 aromatic carbocycles. The van der Waals surface area contributed by atoms with Crippen molar-refractivity contribution >= 4 is 54.3 Å². The van der Waals surface area contributed by atoms with Gasteiger partial charge in [0.1, 0.15) is 11.2 Å². The number of furan rings is 1. The predicted octanol–water partition coefficient (Wildman–Crippen LogP) is 11.9. The molecule has 49 heavy (non-hydrogen) atoms. The SMILES string of the molecule is c1ccc(-c2nc(-c3ccc4ccc5ccc6ccccc6c5c4c3)nc(-c3cccc4oc5c(-c6ccccc6)cccc5c34)n2)cc1. The van der Waals surface area contributed by atoms with Gasteiger partial charge in [-0.15, -0.1) is 0 Å². The Kier molecular flexibility index (Phi) is 6.15. The number of hydrogen-bond donors (Lipinski definition) is 0. The van der Waals surface area contributed by atoms with Gasteiger partial charge in [0.2, 0.25) is 0 Å². The van der Waals surface area contributed by atoms with Gasteiger partial charge in [-0.2, -0.15) is 0 Å². The van der Waals surface area contributed by atoms with Gasteiger partial charge in [0.05, 0.1) is 0 Å². The van der Waals surface area contributed by atoms with E-state index in [2.05, 4.69) is 115 Å². The van der Waals surface area contributed by atoms with Crippen molar-refractivity contribution in [3.05, 3.63) is 164 Å². The van der Waals surface area contributed by atoms with E-state index < -0.39 is 0 Å². The molecule has 0 bridgehead atoms. The summed E-state index contributed by atoms with van der Waals surface area (Å²) in [4.78, 5) is 15.4. The standard InChI is InChI=1S/C45H27N3O/c1-3-11-28(12-4-1)35-17-9-18-36-41-37(19-10-20-39(41)49-42(35)36)45-47-43(32-14-5-2-6-15-32)46-44(48-45)33-26-23-30-22-25-31-24-21-29-13-7-8-16-34(29)40(31)38(30)27-33/h1-27H. The van der Waals surface area contributed by atoms with Crippen LogP contribution in [0, 0.1) is 0 Å². The van der Waals surface area contributed by atoms with E-state index >= 15 is 0 Å². The maximum absolute atomic E-state index is 6.58. The van der Waals surface area contributed by atoms with Gasteiger partial charge in [0.25, 0.3) is 0 Å². The van der Waals surface area contributed by atoms with Crippen molar-refractivity contribution in [2.75, 3.05) is 0 Å². The zero-order chi connectivity index (χ0) is 32.3. The fourth-order valence-corrected chi connectivity index (χ4v) is 7.19. The second-order valence-electron chi connectivity index (χ2n) is 12.4. The van der Waals surface area contributed by atoms with Crippen molar-refractivity contribution in [2.24, 2.45) is 0 Å². The second-order valence-corrected chi connectivity index (χ2v) is 12.4. The number of para-hydroxylation sites is 1. The predicted molar refractivity (Wildman–Crippen MR) is 201 cm³/mol. The van der Waals surface area contributed by atoms with Gasteiger partial charge in [-0.1, -0.05) is 152 Å².